The zero-order valence-corrected chi connectivity index (χ0v) is 35.6. The molecule has 0 amide bonds. The first kappa shape index (κ1) is 51.8. The molecule has 0 aromatic carbocycles. The van der Waals surface area contributed by atoms with E-state index in [0.29, 0.717) is 19.3 Å². The van der Waals surface area contributed by atoms with Crippen LogP contribution in [0.5, 0.6) is 0 Å². The number of allylic oxidation sites excluding steroid dienone is 12. The van der Waals surface area contributed by atoms with E-state index in [4.69, 9.17) is 14.2 Å². The summed E-state index contributed by atoms with van der Waals surface area (Å²) < 4.78 is 17.2. The number of quaternary nitrogens is 1. The third-order valence-electron chi connectivity index (χ3n) is 9.10. The van der Waals surface area contributed by atoms with Crippen LogP contribution in [0.25, 0.3) is 0 Å². The van der Waals surface area contributed by atoms with Crippen LogP contribution in [0.4, 0.5) is 0 Å². The Kier molecular flexibility index (Phi) is 35.5. The van der Waals surface area contributed by atoms with Crippen LogP contribution in [0.3, 0.4) is 0 Å². The topological polar surface area (TPSA) is 99.1 Å². The Morgan fingerprint density at radius 2 is 0.964 bits per heavy atom. The van der Waals surface area contributed by atoms with Crippen molar-refractivity contribution in [1.29, 1.82) is 0 Å². The molecule has 0 radical (unpaired) electrons. The Morgan fingerprint density at radius 3 is 1.42 bits per heavy atom. The molecule has 0 rings (SSSR count). The maximum atomic E-state index is 12.7. The number of esters is 2. The molecule has 0 spiro atoms. The van der Waals surface area contributed by atoms with Gasteiger partial charge in [0.15, 0.2) is 12.1 Å². The summed E-state index contributed by atoms with van der Waals surface area (Å²) in [5.41, 5.74) is 0. The predicted octanol–water partition coefficient (Wildman–Crippen LogP) is 11.6. The van der Waals surface area contributed by atoms with Gasteiger partial charge >= 0.3 is 17.9 Å². The molecule has 8 nitrogen and oxygen atoms in total. The van der Waals surface area contributed by atoms with E-state index in [1.54, 1.807) is 0 Å². The fourth-order valence-corrected chi connectivity index (χ4v) is 5.82. The van der Waals surface area contributed by atoms with Crippen LogP contribution < -0.4 is 0 Å². The Labute approximate surface area is 336 Å². The van der Waals surface area contributed by atoms with Gasteiger partial charge in [0.1, 0.15) is 6.61 Å². The fraction of sp³-hybridized carbons (Fsp3) is 0.681. The van der Waals surface area contributed by atoms with Crippen molar-refractivity contribution in [3.63, 3.8) is 0 Å². The molecular weight excluding hydrogens is 691 g/mol. The second kappa shape index (κ2) is 37.7. The van der Waals surface area contributed by atoms with Gasteiger partial charge in [-0.25, -0.2) is 4.79 Å². The van der Waals surface area contributed by atoms with Crippen molar-refractivity contribution in [3.05, 3.63) is 72.9 Å². The summed E-state index contributed by atoms with van der Waals surface area (Å²) in [4.78, 5) is 36.9. The molecule has 0 aromatic heterocycles. The standard InChI is InChI=1S/C47H79NO7/c1-6-8-10-12-14-16-18-20-21-22-23-24-25-26-28-30-32-34-36-38-46(50)55-43(41-53-40-39-44(47(51)52)48(3,4)5)42-54-45(49)37-35-33-31-29-27-19-17-15-13-11-9-7-2/h8-11,14-17,20-21,23-24,43-44H,6-7,12-13,18-19,22,25-42H2,1-5H3/p+1/b10-8+,11-9+,16-14+,17-15+,21-20+,24-23+. The van der Waals surface area contributed by atoms with Gasteiger partial charge < -0.3 is 23.8 Å². The van der Waals surface area contributed by atoms with Crippen molar-refractivity contribution in [2.45, 2.75) is 167 Å². The minimum Gasteiger partial charge on any atom is -0.477 e. The summed E-state index contributed by atoms with van der Waals surface area (Å²) in [6, 6.07) is -0.622. The number of aliphatic carboxylic acids is 1. The van der Waals surface area contributed by atoms with E-state index in [1.165, 1.54) is 12.8 Å². The Morgan fingerprint density at radius 1 is 0.545 bits per heavy atom. The molecule has 2 unspecified atom stereocenters. The van der Waals surface area contributed by atoms with E-state index < -0.39 is 18.1 Å². The first-order valence-electron chi connectivity index (χ1n) is 21.5. The van der Waals surface area contributed by atoms with Crippen molar-refractivity contribution in [3.8, 4) is 0 Å². The van der Waals surface area contributed by atoms with Crippen molar-refractivity contribution in [1.82, 2.24) is 0 Å². The van der Waals surface area contributed by atoms with Gasteiger partial charge in [0, 0.05) is 19.3 Å². The van der Waals surface area contributed by atoms with Gasteiger partial charge in [-0.2, -0.15) is 0 Å². The molecule has 0 saturated heterocycles. The Balaban J connectivity index is 4.39. The second-order valence-electron chi connectivity index (χ2n) is 15.2. The molecule has 2 atom stereocenters. The average Bonchev–Trinajstić information content (AvgIpc) is 3.14. The van der Waals surface area contributed by atoms with Gasteiger partial charge in [-0.05, 0) is 77.0 Å². The largest absolute Gasteiger partial charge is 0.477 e. The minimum absolute atomic E-state index is 0.0467. The van der Waals surface area contributed by atoms with Crippen LogP contribution in [0.2, 0.25) is 0 Å². The van der Waals surface area contributed by atoms with Crippen LogP contribution in [-0.2, 0) is 28.6 Å². The Bertz CT molecular complexity index is 1130. The van der Waals surface area contributed by atoms with Gasteiger partial charge in [0.25, 0.3) is 0 Å². The zero-order chi connectivity index (χ0) is 40.7. The highest BCUT2D eigenvalue weighted by Gasteiger charge is 2.31. The number of hydrogen-bond acceptors (Lipinski definition) is 6. The van der Waals surface area contributed by atoms with E-state index in [9.17, 15) is 19.5 Å². The summed E-state index contributed by atoms with van der Waals surface area (Å²) in [7, 11) is 5.51. The first-order valence-corrected chi connectivity index (χ1v) is 21.5. The lowest BCUT2D eigenvalue weighted by molar-refractivity contribution is -0.887. The lowest BCUT2D eigenvalue weighted by Crippen LogP contribution is -2.50. The molecule has 0 aliphatic carbocycles. The number of ether oxygens (including phenoxy) is 3. The lowest BCUT2D eigenvalue weighted by atomic mass is 10.1. The van der Waals surface area contributed by atoms with Crippen molar-refractivity contribution >= 4 is 17.9 Å². The molecule has 0 bridgehead atoms. The van der Waals surface area contributed by atoms with Crippen molar-refractivity contribution in [2.75, 3.05) is 41.0 Å². The predicted molar refractivity (Wildman–Crippen MR) is 229 cm³/mol. The summed E-state index contributed by atoms with van der Waals surface area (Å²) >= 11 is 0. The van der Waals surface area contributed by atoms with Gasteiger partial charge in [-0.3, -0.25) is 9.59 Å². The molecular formula is C47H80NO7+. The number of hydrogen-bond donors (Lipinski definition) is 1. The summed E-state index contributed by atoms with van der Waals surface area (Å²) in [5, 5.41) is 9.61. The van der Waals surface area contributed by atoms with E-state index in [2.05, 4.69) is 86.8 Å². The highest BCUT2D eigenvalue weighted by atomic mass is 16.6. The number of rotatable bonds is 37. The zero-order valence-electron chi connectivity index (χ0n) is 35.6. The molecule has 0 heterocycles. The number of likely N-dealkylation sites (N-methyl/N-ethyl adjacent to an activating group) is 1. The van der Waals surface area contributed by atoms with Gasteiger partial charge in [-0.15, -0.1) is 0 Å². The smallest absolute Gasteiger partial charge is 0.362 e. The average molecular weight is 771 g/mol. The van der Waals surface area contributed by atoms with Crippen LogP contribution >= 0.6 is 0 Å². The monoisotopic (exact) mass is 771 g/mol. The highest BCUT2D eigenvalue weighted by molar-refractivity contribution is 5.72. The van der Waals surface area contributed by atoms with Gasteiger partial charge in [0.2, 0.25) is 0 Å². The van der Waals surface area contributed by atoms with Crippen LogP contribution in [0.15, 0.2) is 72.9 Å². The summed E-state index contributed by atoms with van der Waals surface area (Å²) in [5.74, 6) is -1.51. The molecule has 8 heteroatoms. The summed E-state index contributed by atoms with van der Waals surface area (Å²) in [6.07, 6.45) is 46.6. The van der Waals surface area contributed by atoms with Gasteiger partial charge in [0.05, 0.1) is 34.4 Å². The molecule has 0 saturated carbocycles. The SMILES string of the molecule is CC/C=C/C/C=C/C/C=C/C/C=C/CCCCCCCCC(=O)OC(COCCC(C(=O)O)[N+](C)(C)C)COC(=O)CCCCCCC/C=C/C/C=C/CC. The number of unbranched alkanes of at least 4 members (excludes halogenated alkanes) is 11. The molecule has 0 aromatic rings. The molecule has 0 aliphatic rings. The van der Waals surface area contributed by atoms with Crippen LogP contribution in [0.1, 0.15) is 155 Å². The second-order valence-corrected chi connectivity index (χ2v) is 15.2. The van der Waals surface area contributed by atoms with Crippen LogP contribution in [-0.4, -0.2) is 80.6 Å². The van der Waals surface area contributed by atoms with Gasteiger partial charge in [-0.1, -0.05) is 132 Å². The maximum Gasteiger partial charge on any atom is 0.362 e. The van der Waals surface area contributed by atoms with Crippen molar-refractivity contribution < 1.29 is 38.2 Å². The number of nitrogens with zero attached hydrogens (tertiary/aromatic N) is 1. The maximum absolute atomic E-state index is 12.7. The molecule has 314 valence electrons. The van der Waals surface area contributed by atoms with E-state index in [-0.39, 0.29) is 36.2 Å². The third-order valence-corrected chi connectivity index (χ3v) is 9.10. The minimum atomic E-state index is -0.883. The van der Waals surface area contributed by atoms with E-state index >= 15 is 0 Å². The molecule has 1 N–H and O–H groups in total. The van der Waals surface area contributed by atoms with E-state index in [0.717, 1.165) is 109 Å². The summed E-state index contributed by atoms with van der Waals surface area (Å²) in [6.45, 7) is 4.46. The molecule has 0 aliphatic heterocycles. The first-order chi connectivity index (χ1) is 26.6. The number of carboxylic acids is 1. The third kappa shape index (κ3) is 36.2. The lowest BCUT2D eigenvalue weighted by Gasteiger charge is -2.31. The van der Waals surface area contributed by atoms with Crippen LogP contribution in [0, 0.1) is 0 Å². The van der Waals surface area contributed by atoms with Crippen molar-refractivity contribution in [2.24, 2.45) is 0 Å². The van der Waals surface area contributed by atoms with E-state index in [1.807, 2.05) is 21.1 Å². The quantitative estimate of drug-likeness (QED) is 0.0291. The number of carboxylic acid groups (broad SMARTS) is 1. The fourth-order valence-electron chi connectivity index (χ4n) is 5.82. The Hall–Kier alpha value is -3.23. The normalized spacial score (nSPS) is 13.7. The number of carbonyl (C=O) groups excluding carboxylic acids is 2. The molecule has 55 heavy (non-hydrogen) atoms. The number of carbonyl (C=O) groups is 3. The highest BCUT2D eigenvalue weighted by Crippen LogP contribution is 2.13. The molecule has 0 fully saturated rings.